The molecule has 3 rings (SSSR count). The van der Waals surface area contributed by atoms with E-state index in [9.17, 15) is 9.59 Å². The standard InChI is InChI=1S/C19H21N3O2S/c1-4-15-21-18-17(19(24)22(15)10-9-14(20)23)16(12(3)25-18)13-7-5-11(2)6-8-13/h5-8H,4,9-10H2,1-3H3,(H2,20,23). The zero-order chi connectivity index (χ0) is 18.1. The number of nitrogens with zero attached hydrogens (tertiary/aromatic N) is 2. The van der Waals surface area contributed by atoms with Gasteiger partial charge in [0.05, 0.1) is 5.39 Å². The first-order chi connectivity index (χ1) is 11.9. The topological polar surface area (TPSA) is 78.0 Å². The van der Waals surface area contributed by atoms with E-state index in [2.05, 4.69) is 4.98 Å². The highest BCUT2D eigenvalue weighted by molar-refractivity contribution is 7.19. The number of hydrogen-bond donors (Lipinski definition) is 1. The molecule has 0 saturated carbocycles. The molecule has 6 heteroatoms. The fourth-order valence-electron chi connectivity index (χ4n) is 3.03. The first-order valence-electron chi connectivity index (χ1n) is 8.30. The van der Waals surface area contributed by atoms with Crippen molar-refractivity contribution in [3.63, 3.8) is 0 Å². The molecule has 2 heterocycles. The van der Waals surface area contributed by atoms with Crippen molar-refractivity contribution in [2.24, 2.45) is 5.73 Å². The van der Waals surface area contributed by atoms with Crippen LogP contribution in [-0.2, 0) is 17.8 Å². The third-order valence-electron chi connectivity index (χ3n) is 4.31. The number of thiophene rings is 1. The van der Waals surface area contributed by atoms with Crippen LogP contribution in [0.15, 0.2) is 29.1 Å². The van der Waals surface area contributed by atoms with E-state index in [4.69, 9.17) is 5.73 Å². The average Bonchev–Trinajstić information content (AvgIpc) is 2.90. The Kier molecular flexibility index (Phi) is 4.72. The van der Waals surface area contributed by atoms with Crippen LogP contribution in [0.1, 0.15) is 29.6 Å². The fourth-order valence-corrected chi connectivity index (χ4v) is 4.08. The number of nitrogens with two attached hydrogens (primary N) is 1. The van der Waals surface area contributed by atoms with E-state index in [1.165, 1.54) is 16.9 Å². The minimum Gasteiger partial charge on any atom is -0.370 e. The van der Waals surface area contributed by atoms with Crippen molar-refractivity contribution in [1.82, 2.24) is 9.55 Å². The Balaban J connectivity index is 2.27. The van der Waals surface area contributed by atoms with E-state index < -0.39 is 5.91 Å². The predicted molar refractivity (Wildman–Crippen MR) is 102 cm³/mol. The van der Waals surface area contributed by atoms with Crippen LogP contribution in [-0.4, -0.2) is 15.5 Å². The van der Waals surface area contributed by atoms with Crippen LogP contribution in [0.4, 0.5) is 0 Å². The van der Waals surface area contributed by atoms with Crippen molar-refractivity contribution in [3.05, 3.63) is 50.9 Å². The van der Waals surface area contributed by atoms with Crippen LogP contribution < -0.4 is 11.3 Å². The molecule has 0 aliphatic carbocycles. The molecule has 2 N–H and O–H groups in total. The Morgan fingerprint density at radius 3 is 2.52 bits per heavy atom. The van der Waals surface area contributed by atoms with Crippen LogP contribution in [0.2, 0.25) is 0 Å². The lowest BCUT2D eigenvalue weighted by Gasteiger charge is -2.11. The highest BCUT2D eigenvalue weighted by Crippen LogP contribution is 2.35. The minimum absolute atomic E-state index is 0.0944. The lowest BCUT2D eigenvalue weighted by Crippen LogP contribution is -2.27. The molecule has 1 amide bonds. The molecular formula is C19H21N3O2S. The number of carbonyl (C=O) groups excluding carboxylic acids is 1. The van der Waals surface area contributed by atoms with Gasteiger partial charge in [-0.2, -0.15) is 0 Å². The van der Waals surface area contributed by atoms with Gasteiger partial charge in [0.1, 0.15) is 10.7 Å². The van der Waals surface area contributed by atoms with Crippen molar-refractivity contribution in [2.45, 2.75) is 40.2 Å². The fraction of sp³-hybridized carbons (Fsp3) is 0.316. The maximum Gasteiger partial charge on any atom is 0.262 e. The van der Waals surface area contributed by atoms with Gasteiger partial charge in [-0.25, -0.2) is 4.98 Å². The molecule has 0 spiro atoms. The third-order valence-corrected chi connectivity index (χ3v) is 5.30. The SMILES string of the molecule is CCc1nc2sc(C)c(-c3ccc(C)cc3)c2c(=O)n1CCC(N)=O. The maximum absolute atomic E-state index is 13.2. The van der Waals surface area contributed by atoms with Gasteiger partial charge in [0.2, 0.25) is 5.91 Å². The molecule has 3 aromatic rings. The largest absolute Gasteiger partial charge is 0.370 e. The molecule has 5 nitrogen and oxygen atoms in total. The second kappa shape index (κ2) is 6.80. The lowest BCUT2D eigenvalue weighted by molar-refractivity contribution is -0.118. The van der Waals surface area contributed by atoms with Gasteiger partial charge < -0.3 is 5.73 Å². The summed E-state index contributed by atoms with van der Waals surface area (Å²) in [6.07, 6.45) is 0.754. The van der Waals surface area contributed by atoms with E-state index in [0.29, 0.717) is 17.6 Å². The van der Waals surface area contributed by atoms with Gasteiger partial charge in [0.15, 0.2) is 0 Å². The average molecular weight is 355 g/mol. The summed E-state index contributed by atoms with van der Waals surface area (Å²) >= 11 is 1.54. The molecule has 0 saturated heterocycles. The quantitative estimate of drug-likeness (QED) is 0.763. The van der Waals surface area contributed by atoms with E-state index in [1.54, 1.807) is 4.57 Å². The monoisotopic (exact) mass is 355 g/mol. The van der Waals surface area contributed by atoms with Crippen molar-refractivity contribution in [1.29, 1.82) is 0 Å². The summed E-state index contributed by atoms with van der Waals surface area (Å²) in [6.45, 7) is 6.27. The summed E-state index contributed by atoms with van der Waals surface area (Å²) in [6, 6.07) is 8.14. The van der Waals surface area contributed by atoms with Crippen molar-refractivity contribution < 1.29 is 4.79 Å². The predicted octanol–water partition coefficient (Wildman–Crippen LogP) is 3.18. The Bertz CT molecular complexity index is 1000. The summed E-state index contributed by atoms with van der Waals surface area (Å²) in [4.78, 5) is 30.8. The van der Waals surface area contributed by atoms with Gasteiger partial charge in [-0.1, -0.05) is 36.8 Å². The van der Waals surface area contributed by atoms with Crippen molar-refractivity contribution in [3.8, 4) is 11.1 Å². The molecule has 0 aliphatic rings. The normalized spacial score (nSPS) is 11.2. The van der Waals surface area contributed by atoms with E-state index in [1.807, 2.05) is 45.0 Å². The number of hydrogen-bond acceptors (Lipinski definition) is 4. The van der Waals surface area contributed by atoms with Crippen molar-refractivity contribution in [2.75, 3.05) is 0 Å². The number of fused-ring (bicyclic) bond motifs is 1. The molecule has 0 radical (unpaired) electrons. The summed E-state index contributed by atoms with van der Waals surface area (Å²) in [5, 5.41) is 0.632. The van der Waals surface area contributed by atoms with Crippen LogP contribution in [0.25, 0.3) is 21.3 Å². The number of primary amides is 1. The summed E-state index contributed by atoms with van der Waals surface area (Å²) in [5.41, 5.74) is 8.29. The molecule has 2 aromatic heterocycles. The van der Waals surface area contributed by atoms with Gasteiger partial charge in [-0.05, 0) is 19.4 Å². The Labute approximate surface area is 150 Å². The van der Waals surface area contributed by atoms with Crippen LogP contribution in [0.3, 0.4) is 0 Å². The summed E-state index contributed by atoms with van der Waals surface area (Å²) in [5.74, 6) is 0.268. The summed E-state index contributed by atoms with van der Waals surface area (Å²) in [7, 11) is 0. The van der Waals surface area contributed by atoms with Crippen LogP contribution >= 0.6 is 11.3 Å². The molecule has 0 fully saturated rings. The smallest absolute Gasteiger partial charge is 0.262 e. The zero-order valence-corrected chi connectivity index (χ0v) is 15.4. The highest BCUT2D eigenvalue weighted by atomic mass is 32.1. The van der Waals surface area contributed by atoms with Gasteiger partial charge in [-0.15, -0.1) is 11.3 Å². The van der Waals surface area contributed by atoms with E-state index >= 15 is 0 Å². The Morgan fingerprint density at radius 2 is 1.92 bits per heavy atom. The number of rotatable bonds is 5. The number of amides is 1. The van der Waals surface area contributed by atoms with Gasteiger partial charge in [0, 0.05) is 29.8 Å². The zero-order valence-electron chi connectivity index (χ0n) is 14.6. The first-order valence-corrected chi connectivity index (χ1v) is 9.12. The molecule has 0 unspecified atom stereocenters. The molecule has 130 valence electrons. The molecular weight excluding hydrogens is 334 g/mol. The van der Waals surface area contributed by atoms with Gasteiger partial charge in [-0.3, -0.25) is 14.2 Å². The number of benzene rings is 1. The summed E-state index contributed by atoms with van der Waals surface area (Å²) < 4.78 is 1.59. The lowest BCUT2D eigenvalue weighted by atomic mass is 10.0. The van der Waals surface area contributed by atoms with Crippen LogP contribution in [0.5, 0.6) is 0 Å². The second-order valence-corrected chi connectivity index (χ2v) is 7.34. The molecule has 0 bridgehead atoms. The number of aryl methyl sites for hydroxylation is 3. The highest BCUT2D eigenvalue weighted by Gasteiger charge is 2.19. The van der Waals surface area contributed by atoms with E-state index in [-0.39, 0.29) is 18.5 Å². The molecule has 0 atom stereocenters. The third kappa shape index (κ3) is 3.22. The molecule has 1 aromatic carbocycles. The Hall–Kier alpha value is -2.47. The molecule has 0 aliphatic heterocycles. The number of carbonyl (C=O) groups is 1. The van der Waals surface area contributed by atoms with Gasteiger partial charge >= 0.3 is 0 Å². The molecule has 25 heavy (non-hydrogen) atoms. The maximum atomic E-state index is 13.2. The van der Waals surface area contributed by atoms with Crippen LogP contribution in [0, 0.1) is 13.8 Å². The Morgan fingerprint density at radius 1 is 1.24 bits per heavy atom. The van der Waals surface area contributed by atoms with Crippen molar-refractivity contribution >= 4 is 27.5 Å². The van der Waals surface area contributed by atoms with E-state index in [0.717, 1.165) is 20.8 Å². The second-order valence-electron chi connectivity index (χ2n) is 6.13. The van der Waals surface area contributed by atoms with Gasteiger partial charge in [0.25, 0.3) is 5.56 Å². The first kappa shape index (κ1) is 17.4. The minimum atomic E-state index is -0.422. The number of aromatic nitrogens is 2.